The normalized spacial score (nSPS) is 18.2. The number of nitro benzene ring substituents is 2. The lowest BCUT2D eigenvalue weighted by atomic mass is 9.91. The molecule has 3 rings (SSSR count). The van der Waals surface area contributed by atoms with Gasteiger partial charge in [0.2, 0.25) is 0 Å². The van der Waals surface area contributed by atoms with Gasteiger partial charge in [0, 0.05) is 17.8 Å². The second kappa shape index (κ2) is 8.57. The van der Waals surface area contributed by atoms with E-state index < -0.39 is 28.0 Å². The SMILES string of the molecule is COC(=O)C1=C(C)N[C@@H](c2ccccc2[N+](=O)[O-])N(N=O)[C@@H]1c1ccccc1[N+](=O)[O-]. The highest BCUT2D eigenvalue weighted by Crippen LogP contribution is 2.44. The number of hydrogen-bond donors (Lipinski definition) is 1. The molecule has 1 heterocycles. The van der Waals surface area contributed by atoms with Gasteiger partial charge in [-0.05, 0) is 19.1 Å². The molecule has 0 saturated carbocycles. The highest BCUT2D eigenvalue weighted by Gasteiger charge is 2.44. The minimum Gasteiger partial charge on any atom is -0.466 e. The van der Waals surface area contributed by atoms with Gasteiger partial charge >= 0.3 is 5.97 Å². The summed E-state index contributed by atoms with van der Waals surface area (Å²) in [7, 11) is 1.13. The van der Waals surface area contributed by atoms with Gasteiger partial charge in [0.1, 0.15) is 6.04 Å². The van der Waals surface area contributed by atoms with E-state index in [0.29, 0.717) is 0 Å². The molecule has 1 N–H and O–H groups in total. The van der Waals surface area contributed by atoms with Crippen molar-refractivity contribution in [2.45, 2.75) is 19.1 Å². The monoisotopic (exact) mass is 427 g/mol. The molecule has 31 heavy (non-hydrogen) atoms. The number of nitrogens with zero attached hydrogens (tertiary/aromatic N) is 4. The summed E-state index contributed by atoms with van der Waals surface area (Å²) >= 11 is 0. The Hall–Kier alpha value is -4.35. The van der Waals surface area contributed by atoms with Crippen molar-refractivity contribution in [2.75, 3.05) is 7.11 Å². The van der Waals surface area contributed by atoms with E-state index in [4.69, 9.17) is 4.74 Å². The topological polar surface area (TPSA) is 157 Å². The van der Waals surface area contributed by atoms with E-state index in [1.807, 2.05) is 0 Å². The summed E-state index contributed by atoms with van der Waals surface area (Å²) in [6.07, 6.45) is -1.17. The smallest absolute Gasteiger partial charge is 0.338 e. The molecular formula is C19H17N5O7. The number of carbonyl (C=O) groups is 1. The van der Waals surface area contributed by atoms with Crippen molar-refractivity contribution in [3.63, 3.8) is 0 Å². The maximum atomic E-state index is 12.6. The standard InChI is InChI=1S/C19H17N5O7/c1-11-16(19(25)31-2)17(12-7-3-5-9-14(12)23(27)28)22(21-26)18(20-11)13-8-4-6-10-15(13)24(29)30/h3-10,17-18,20H,1-2H3/t17-,18-/m1/s1. The van der Waals surface area contributed by atoms with E-state index in [1.165, 1.54) is 49.4 Å². The number of allylic oxidation sites excluding steroid dienone is 1. The second-order valence-electron chi connectivity index (χ2n) is 6.57. The summed E-state index contributed by atoms with van der Waals surface area (Å²) in [5.41, 5.74) is -0.372. The lowest BCUT2D eigenvalue weighted by Gasteiger charge is -2.39. The summed E-state index contributed by atoms with van der Waals surface area (Å²) in [4.78, 5) is 46.4. The number of rotatable bonds is 6. The molecule has 12 heteroatoms. The predicted molar refractivity (Wildman–Crippen MR) is 107 cm³/mol. The fraction of sp³-hybridized carbons (Fsp3) is 0.211. The molecular weight excluding hydrogens is 410 g/mol. The van der Waals surface area contributed by atoms with Gasteiger partial charge in [0.05, 0.1) is 38.9 Å². The van der Waals surface area contributed by atoms with E-state index in [1.54, 1.807) is 6.07 Å². The number of benzene rings is 2. The van der Waals surface area contributed by atoms with Crippen molar-refractivity contribution in [3.05, 3.63) is 96.1 Å². The zero-order valence-corrected chi connectivity index (χ0v) is 16.4. The molecule has 2 atom stereocenters. The van der Waals surface area contributed by atoms with Gasteiger partial charge in [-0.2, -0.15) is 0 Å². The zero-order valence-electron chi connectivity index (χ0n) is 16.4. The summed E-state index contributed by atoms with van der Waals surface area (Å²) in [6, 6.07) is 9.94. The number of ether oxygens (including phenoxy) is 1. The number of nitro groups is 2. The van der Waals surface area contributed by atoms with Gasteiger partial charge in [-0.1, -0.05) is 24.3 Å². The molecule has 0 spiro atoms. The number of nitrogens with one attached hydrogen (secondary N) is 1. The third-order valence-corrected chi connectivity index (χ3v) is 4.92. The van der Waals surface area contributed by atoms with Gasteiger partial charge in [0.15, 0.2) is 6.17 Å². The molecule has 0 saturated heterocycles. The Kier molecular flexibility index (Phi) is 5.90. The Morgan fingerprint density at radius 2 is 1.55 bits per heavy atom. The van der Waals surface area contributed by atoms with E-state index >= 15 is 0 Å². The summed E-state index contributed by atoms with van der Waals surface area (Å²) in [6.45, 7) is 1.51. The maximum Gasteiger partial charge on any atom is 0.338 e. The second-order valence-corrected chi connectivity index (χ2v) is 6.57. The largest absolute Gasteiger partial charge is 0.466 e. The van der Waals surface area contributed by atoms with Gasteiger partial charge in [0.25, 0.3) is 11.4 Å². The minimum absolute atomic E-state index is 0.0111. The Bertz CT molecular complexity index is 1100. The van der Waals surface area contributed by atoms with E-state index in [0.717, 1.165) is 12.1 Å². The number of nitroso groups, excluding NO2 is 1. The van der Waals surface area contributed by atoms with E-state index in [9.17, 15) is 29.9 Å². The summed E-state index contributed by atoms with van der Waals surface area (Å²) < 4.78 is 4.82. The van der Waals surface area contributed by atoms with Crippen molar-refractivity contribution in [1.82, 2.24) is 10.3 Å². The van der Waals surface area contributed by atoms with Crippen LogP contribution in [0.25, 0.3) is 0 Å². The lowest BCUT2D eigenvalue weighted by Crippen LogP contribution is -2.44. The zero-order chi connectivity index (χ0) is 22.7. The molecule has 0 bridgehead atoms. The molecule has 1 aliphatic heterocycles. The van der Waals surface area contributed by atoms with Crippen LogP contribution in [0.15, 0.2) is 65.1 Å². The average molecular weight is 427 g/mol. The van der Waals surface area contributed by atoms with Gasteiger partial charge in [-0.15, -0.1) is 4.91 Å². The van der Waals surface area contributed by atoms with Crippen molar-refractivity contribution in [1.29, 1.82) is 0 Å². The number of esters is 1. The first-order chi connectivity index (χ1) is 14.8. The van der Waals surface area contributed by atoms with Crippen LogP contribution in [0.4, 0.5) is 11.4 Å². The van der Waals surface area contributed by atoms with Gasteiger partial charge < -0.3 is 10.1 Å². The molecule has 1 aliphatic rings. The van der Waals surface area contributed by atoms with Crippen LogP contribution in [0, 0.1) is 25.1 Å². The third kappa shape index (κ3) is 3.77. The quantitative estimate of drug-likeness (QED) is 0.316. The summed E-state index contributed by atoms with van der Waals surface area (Å²) in [5.74, 6) is -0.831. The van der Waals surface area contributed by atoms with Crippen LogP contribution in [0.1, 0.15) is 30.3 Å². The Labute approximate surface area is 175 Å². The first-order valence-corrected chi connectivity index (χ1v) is 8.95. The number of hydrogen-bond acceptors (Lipinski definition) is 9. The molecule has 0 aliphatic carbocycles. The van der Waals surface area contributed by atoms with Crippen LogP contribution >= 0.6 is 0 Å². The first-order valence-electron chi connectivity index (χ1n) is 8.95. The lowest BCUT2D eigenvalue weighted by molar-refractivity contribution is -0.386. The van der Waals surface area contributed by atoms with Crippen LogP contribution in [-0.4, -0.2) is 27.9 Å². The van der Waals surface area contributed by atoms with Crippen molar-refractivity contribution in [2.24, 2.45) is 5.29 Å². The molecule has 160 valence electrons. The highest BCUT2D eigenvalue weighted by atomic mass is 16.6. The minimum atomic E-state index is -1.32. The van der Waals surface area contributed by atoms with E-state index in [2.05, 4.69) is 10.6 Å². The maximum absolute atomic E-state index is 12.6. The Morgan fingerprint density at radius 3 is 2.06 bits per heavy atom. The third-order valence-electron chi connectivity index (χ3n) is 4.92. The Balaban J connectivity index is 2.30. The van der Waals surface area contributed by atoms with Crippen LogP contribution in [0.2, 0.25) is 0 Å². The average Bonchev–Trinajstić information content (AvgIpc) is 2.77. The van der Waals surface area contributed by atoms with Crippen LogP contribution in [0.5, 0.6) is 0 Å². The molecule has 0 unspecified atom stereocenters. The first kappa shape index (κ1) is 21.4. The van der Waals surface area contributed by atoms with Crippen molar-refractivity contribution >= 4 is 17.3 Å². The molecule has 2 aromatic rings. The van der Waals surface area contributed by atoms with Crippen LogP contribution in [-0.2, 0) is 9.53 Å². The van der Waals surface area contributed by atoms with Gasteiger partial charge in [-0.3, -0.25) is 20.2 Å². The number of methoxy groups -OCH3 is 1. The Morgan fingerprint density at radius 1 is 1.03 bits per heavy atom. The van der Waals surface area contributed by atoms with Crippen molar-refractivity contribution < 1.29 is 19.4 Å². The molecule has 12 nitrogen and oxygen atoms in total. The number of para-hydroxylation sites is 2. The predicted octanol–water partition coefficient (Wildman–Crippen LogP) is 3.28. The molecule has 0 amide bonds. The fourth-order valence-corrected chi connectivity index (χ4v) is 3.59. The van der Waals surface area contributed by atoms with Gasteiger partial charge in [-0.25, -0.2) is 9.80 Å². The molecule has 2 aromatic carbocycles. The van der Waals surface area contributed by atoms with Crippen LogP contribution in [0.3, 0.4) is 0 Å². The summed E-state index contributed by atoms with van der Waals surface area (Å²) in [5, 5.41) is 29.9. The highest BCUT2D eigenvalue weighted by molar-refractivity contribution is 5.91. The fourth-order valence-electron chi connectivity index (χ4n) is 3.59. The molecule has 0 fully saturated rings. The molecule has 0 radical (unpaired) electrons. The van der Waals surface area contributed by atoms with Crippen molar-refractivity contribution in [3.8, 4) is 0 Å². The molecule has 0 aromatic heterocycles. The number of carbonyl (C=O) groups excluding carboxylic acids is 1. The van der Waals surface area contributed by atoms with Crippen LogP contribution < -0.4 is 5.32 Å². The van der Waals surface area contributed by atoms with E-state index in [-0.39, 0.29) is 33.8 Å².